The topological polar surface area (TPSA) is 64.9 Å². The van der Waals surface area contributed by atoms with Gasteiger partial charge in [-0.25, -0.2) is 0 Å². The van der Waals surface area contributed by atoms with Gasteiger partial charge in [0.25, 0.3) is 0 Å². The molecule has 0 saturated carbocycles. The van der Waals surface area contributed by atoms with Crippen LogP contribution in [-0.4, -0.2) is 32.9 Å². The SMILES string of the molecule is COc1cc(-n2nnnc2CNC(C)(C)C)ccc1Cl. The maximum absolute atomic E-state index is 6.02. The van der Waals surface area contributed by atoms with Gasteiger partial charge in [0.1, 0.15) is 5.75 Å². The number of halogens is 1. The number of aromatic nitrogens is 4. The molecule has 0 aliphatic heterocycles. The highest BCUT2D eigenvalue weighted by molar-refractivity contribution is 6.32. The van der Waals surface area contributed by atoms with Crippen LogP contribution in [0.25, 0.3) is 5.69 Å². The summed E-state index contributed by atoms with van der Waals surface area (Å²) in [7, 11) is 1.58. The number of benzene rings is 1. The largest absolute Gasteiger partial charge is 0.495 e. The number of rotatable bonds is 4. The predicted octanol–water partition coefficient (Wildman–Crippen LogP) is 2.21. The minimum absolute atomic E-state index is 0.00549. The molecule has 2 aromatic rings. The van der Waals surface area contributed by atoms with Gasteiger partial charge in [-0.05, 0) is 43.3 Å². The van der Waals surface area contributed by atoms with Gasteiger partial charge in [0.05, 0.1) is 24.4 Å². The zero-order chi connectivity index (χ0) is 14.8. The van der Waals surface area contributed by atoms with E-state index < -0.39 is 0 Å². The molecule has 0 saturated heterocycles. The Morgan fingerprint density at radius 2 is 2.10 bits per heavy atom. The molecular weight excluding hydrogens is 278 g/mol. The normalized spacial score (nSPS) is 11.7. The Morgan fingerprint density at radius 1 is 1.35 bits per heavy atom. The summed E-state index contributed by atoms with van der Waals surface area (Å²) in [4.78, 5) is 0. The van der Waals surface area contributed by atoms with Crippen molar-refractivity contribution in [3.8, 4) is 11.4 Å². The van der Waals surface area contributed by atoms with Crippen molar-refractivity contribution in [3.05, 3.63) is 29.0 Å². The molecule has 0 aliphatic carbocycles. The standard InChI is InChI=1S/C13H18ClN5O/c1-13(2,3)15-8-12-16-17-18-19(12)9-5-6-10(14)11(7-9)20-4/h5-7,15H,8H2,1-4H3. The smallest absolute Gasteiger partial charge is 0.170 e. The van der Waals surface area contributed by atoms with Crippen LogP contribution in [0.5, 0.6) is 5.75 Å². The van der Waals surface area contributed by atoms with E-state index in [0.29, 0.717) is 17.3 Å². The van der Waals surface area contributed by atoms with Crippen LogP contribution >= 0.6 is 11.6 Å². The van der Waals surface area contributed by atoms with E-state index in [0.717, 1.165) is 11.5 Å². The van der Waals surface area contributed by atoms with Gasteiger partial charge in [0.2, 0.25) is 0 Å². The van der Waals surface area contributed by atoms with Crippen LogP contribution < -0.4 is 10.1 Å². The fourth-order valence-electron chi connectivity index (χ4n) is 1.64. The second-order valence-electron chi connectivity index (χ2n) is 5.43. The van der Waals surface area contributed by atoms with Gasteiger partial charge < -0.3 is 10.1 Å². The zero-order valence-electron chi connectivity index (χ0n) is 12.0. The lowest BCUT2D eigenvalue weighted by Crippen LogP contribution is -2.35. The van der Waals surface area contributed by atoms with Crippen molar-refractivity contribution in [1.29, 1.82) is 0 Å². The van der Waals surface area contributed by atoms with E-state index in [1.807, 2.05) is 6.07 Å². The Balaban J connectivity index is 2.27. The van der Waals surface area contributed by atoms with E-state index in [-0.39, 0.29) is 5.54 Å². The van der Waals surface area contributed by atoms with Crippen LogP contribution in [0.3, 0.4) is 0 Å². The second-order valence-corrected chi connectivity index (χ2v) is 5.84. The highest BCUT2D eigenvalue weighted by Crippen LogP contribution is 2.26. The Hall–Kier alpha value is -1.66. The van der Waals surface area contributed by atoms with E-state index in [2.05, 4.69) is 41.6 Å². The molecule has 1 aromatic heterocycles. The molecule has 20 heavy (non-hydrogen) atoms. The highest BCUT2D eigenvalue weighted by atomic mass is 35.5. The summed E-state index contributed by atoms with van der Waals surface area (Å²) in [5.41, 5.74) is 0.802. The molecule has 0 aliphatic rings. The van der Waals surface area contributed by atoms with Crippen molar-refractivity contribution in [2.45, 2.75) is 32.9 Å². The maximum atomic E-state index is 6.02. The summed E-state index contributed by atoms with van der Waals surface area (Å²) in [6.45, 7) is 6.84. The molecule has 6 nitrogen and oxygen atoms in total. The molecule has 7 heteroatoms. The number of tetrazole rings is 1. The summed E-state index contributed by atoms with van der Waals surface area (Å²) < 4.78 is 6.87. The summed E-state index contributed by atoms with van der Waals surface area (Å²) in [6, 6.07) is 5.42. The molecule has 0 spiro atoms. The van der Waals surface area contributed by atoms with Crippen molar-refractivity contribution in [2.75, 3.05) is 7.11 Å². The number of methoxy groups -OCH3 is 1. The van der Waals surface area contributed by atoms with Gasteiger partial charge in [-0.1, -0.05) is 11.6 Å². The second kappa shape index (κ2) is 5.76. The number of nitrogens with zero attached hydrogens (tertiary/aromatic N) is 4. The van der Waals surface area contributed by atoms with Crippen LogP contribution in [0.2, 0.25) is 5.02 Å². The van der Waals surface area contributed by atoms with Crippen LogP contribution in [0.15, 0.2) is 18.2 Å². The molecule has 2 rings (SSSR count). The first-order valence-electron chi connectivity index (χ1n) is 6.27. The summed E-state index contributed by atoms with van der Waals surface area (Å²) in [6.07, 6.45) is 0. The molecule has 108 valence electrons. The third kappa shape index (κ3) is 3.46. The molecule has 0 radical (unpaired) electrons. The van der Waals surface area contributed by atoms with E-state index in [1.54, 1.807) is 23.9 Å². The van der Waals surface area contributed by atoms with Crippen molar-refractivity contribution >= 4 is 11.6 Å². The first-order chi connectivity index (χ1) is 9.40. The monoisotopic (exact) mass is 295 g/mol. The quantitative estimate of drug-likeness (QED) is 0.937. The van der Waals surface area contributed by atoms with Crippen LogP contribution in [0.4, 0.5) is 0 Å². The number of hydrogen-bond acceptors (Lipinski definition) is 5. The molecule has 1 N–H and O–H groups in total. The lowest BCUT2D eigenvalue weighted by Gasteiger charge is -2.19. The molecular formula is C13H18ClN5O. The fourth-order valence-corrected chi connectivity index (χ4v) is 1.84. The van der Waals surface area contributed by atoms with E-state index in [9.17, 15) is 0 Å². The van der Waals surface area contributed by atoms with E-state index >= 15 is 0 Å². The first kappa shape index (κ1) is 14.7. The van der Waals surface area contributed by atoms with Gasteiger partial charge in [-0.15, -0.1) is 5.10 Å². The molecule has 1 aromatic carbocycles. The van der Waals surface area contributed by atoms with E-state index in [1.165, 1.54) is 0 Å². The van der Waals surface area contributed by atoms with Crippen molar-refractivity contribution in [2.24, 2.45) is 0 Å². The van der Waals surface area contributed by atoms with Gasteiger partial charge in [0.15, 0.2) is 5.82 Å². The molecule has 0 atom stereocenters. The highest BCUT2D eigenvalue weighted by Gasteiger charge is 2.14. The average Bonchev–Trinajstić information content (AvgIpc) is 2.84. The van der Waals surface area contributed by atoms with Crippen LogP contribution in [0, 0.1) is 0 Å². The first-order valence-corrected chi connectivity index (χ1v) is 6.65. The minimum atomic E-state index is -0.00549. The third-order valence-electron chi connectivity index (χ3n) is 2.69. The van der Waals surface area contributed by atoms with Crippen LogP contribution in [0.1, 0.15) is 26.6 Å². The Labute approximate surface area is 123 Å². The Bertz CT molecular complexity index is 591. The van der Waals surface area contributed by atoms with Gasteiger partial charge in [0, 0.05) is 11.6 Å². The predicted molar refractivity (Wildman–Crippen MR) is 77.3 cm³/mol. The molecule has 1 heterocycles. The molecule has 0 bridgehead atoms. The Kier molecular flexibility index (Phi) is 4.25. The summed E-state index contributed by atoms with van der Waals surface area (Å²) >= 11 is 6.02. The lowest BCUT2D eigenvalue weighted by atomic mass is 10.1. The number of nitrogens with one attached hydrogen (secondary N) is 1. The van der Waals surface area contributed by atoms with Crippen molar-refractivity contribution < 1.29 is 4.74 Å². The zero-order valence-corrected chi connectivity index (χ0v) is 12.8. The van der Waals surface area contributed by atoms with Gasteiger partial charge in [-0.2, -0.15) is 4.68 Å². The van der Waals surface area contributed by atoms with Crippen molar-refractivity contribution in [3.63, 3.8) is 0 Å². The third-order valence-corrected chi connectivity index (χ3v) is 3.00. The number of hydrogen-bond donors (Lipinski definition) is 1. The Morgan fingerprint density at radius 3 is 2.75 bits per heavy atom. The average molecular weight is 296 g/mol. The maximum Gasteiger partial charge on any atom is 0.170 e. The minimum Gasteiger partial charge on any atom is -0.495 e. The summed E-state index contributed by atoms with van der Waals surface area (Å²) in [5.74, 6) is 1.32. The molecule has 0 unspecified atom stereocenters. The lowest BCUT2D eigenvalue weighted by molar-refractivity contribution is 0.412. The van der Waals surface area contributed by atoms with Gasteiger partial charge in [-0.3, -0.25) is 0 Å². The van der Waals surface area contributed by atoms with Crippen LogP contribution in [-0.2, 0) is 6.54 Å². The summed E-state index contributed by atoms with van der Waals surface area (Å²) in [5, 5.41) is 15.7. The fraction of sp³-hybridized carbons (Fsp3) is 0.462. The molecule has 0 fully saturated rings. The number of ether oxygens (including phenoxy) is 1. The molecule has 0 amide bonds. The van der Waals surface area contributed by atoms with Gasteiger partial charge >= 0.3 is 0 Å². The van der Waals surface area contributed by atoms with Crippen molar-refractivity contribution in [1.82, 2.24) is 25.5 Å². The van der Waals surface area contributed by atoms with E-state index in [4.69, 9.17) is 16.3 Å².